The van der Waals surface area contributed by atoms with E-state index < -0.39 is 17.7 Å². The maximum atomic E-state index is 13.0. The van der Waals surface area contributed by atoms with E-state index in [-0.39, 0.29) is 17.8 Å². The predicted molar refractivity (Wildman–Crippen MR) is 114 cm³/mol. The lowest BCUT2D eigenvalue weighted by molar-refractivity contribution is -0.559. The quantitative estimate of drug-likeness (QED) is 0.366. The molecule has 6 rings (SSSR count). The minimum absolute atomic E-state index is 0.0893. The molecule has 2 bridgehead atoms. The van der Waals surface area contributed by atoms with Gasteiger partial charge in [0.1, 0.15) is 0 Å². The monoisotopic (exact) mass is 432 g/mol. The molecule has 1 spiro atoms. The number of ether oxygens (including phenoxy) is 2. The molecule has 6 heteroatoms. The van der Waals surface area contributed by atoms with Crippen LogP contribution in [-0.2, 0) is 30.5 Å². The van der Waals surface area contributed by atoms with E-state index in [9.17, 15) is 4.79 Å². The van der Waals surface area contributed by atoms with Crippen LogP contribution in [0.25, 0.3) is 0 Å². The second kappa shape index (κ2) is 7.80. The minimum Gasteiger partial charge on any atom is -0.432 e. The van der Waals surface area contributed by atoms with E-state index in [1.807, 2.05) is 6.92 Å². The molecule has 0 amide bonds. The van der Waals surface area contributed by atoms with Crippen molar-refractivity contribution in [3.63, 3.8) is 0 Å². The van der Waals surface area contributed by atoms with Crippen LogP contribution >= 0.6 is 11.8 Å². The molecule has 5 aliphatic rings. The van der Waals surface area contributed by atoms with Gasteiger partial charge in [0, 0.05) is 23.2 Å². The molecule has 7 atom stereocenters. The molecule has 164 valence electrons. The molecule has 30 heavy (non-hydrogen) atoms. The van der Waals surface area contributed by atoms with E-state index in [0.717, 1.165) is 44.9 Å². The van der Waals surface area contributed by atoms with Crippen LogP contribution in [0.3, 0.4) is 0 Å². The van der Waals surface area contributed by atoms with Gasteiger partial charge in [-0.1, -0.05) is 19.1 Å². The standard InChI is InChI=1S/C24H32O5S/c1-15-7-12-20-18(6-4-5-16-8-10-17(30-3)11-9-16)21(25)26-22-24(20)19(15)13-14-23(2,27-22)28-29-24/h8-11,15,18-20,22H,4-7,12-14H2,1-3H3/t15-,18-,19+,20+,22-,23-,24-/m1/s1. The SMILES string of the molecule is CSc1ccc(CCC[C@H]2C(=O)O[C@@H]3O[C@@]4(C)CC[C@H]5[C@H](C)CC[C@@H]2[C@@]35OO4)cc1. The zero-order chi connectivity index (χ0) is 20.9. The van der Waals surface area contributed by atoms with E-state index in [4.69, 9.17) is 19.2 Å². The molecule has 5 nitrogen and oxygen atoms in total. The van der Waals surface area contributed by atoms with E-state index in [1.54, 1.807) is 11.8 Å². The number of benzene rings is 1. The third-order valence-corrected chi connectivity index (χ3v) is 8.67. The molecule has 5 fully saturated rings. The van der Waals surface area contributed by atoms with Gasteiger partial charge in [-0.3, -0.25) is 4.79 Å². The molecular formula is C24H32O5S. The number of carbonyl (C=O) groups is 1. The second-order valence-corrected chi connectivity index (χ2v) is 10.6. The zero-order valence-corrected chi connectivity index (χ0v) is 18.9. The van der Waals surface area contributed by atoms with Crippen LogP contribution in [0.4, 0.5) is 0 Å². The summed E-state index contributed by atoms with van der Waals surface area (Å²) >= 11 is 1.75. The van der Waals surface area contributed by atoms with Gasteiger partial charge < -0.3 is 9.47 Å². The molecule has 1 aliphatic carbocycles. The smallest absolute Gasteiger partial charge is 0.311 e. The third-order valence-electron chi connectivity index (χ3n) is 7.93. The Bertz CT molecular complexity index is 797. The van der Waals surface area contributed by atoms with Gasteiger partial charge in [-0.15, -0.1) is 11.8 Å². The van der Waals surface area contributed by atoms with Gasteiger partial charge in [-0.05, 0) is 75.3 Å². The Morgan fingerprint density at radius 1 is 1.10 bits per heavy atom. The Balaban J connectivity index is 1.35. The van der Waals surface area contributed by atoms with Crippen molar-refractivity contribution < 1.29 is 24.0 Å². The van der Waals surface area contributed by atoms with Crippen LogP contribution in [0.2, 0.25) is 0 Å². The van der Waals surface area contributed by atoms with Gasteiger partial charge in [-0.25, -0.2) is 9.78 Å². The first-order valence-electron chi connectivity index (χ1n) is 11.3. The average Bonchev–Trinajstić information content (AvgIpc) is 2.97. The summed E-state index contributed by atoms with van der Waals surface area (Å²) in [4.78, 5) is 26.3. The highest BCUT2D eigenvalue weighted by Gasteiger charge is 2.70. The molecule has 0 N–H and O–H groups in total. The first-order valence-corrected chi connectivity index (χ1v) is 12.6. The Labute approximate surface area is 183 Å². The topological polar surface area (TPSA) is 54.0 Å². The lowest BCUT2D eigenvalue weighted by Crippen LogP contribution is -2.70. The van der Waals surface area contributed by atoms with Crippen molar-refractivity contribution in [2.45, 2.75) is 81.4 Å². The van der Waals surface area contributed by atoms with Crippen molar-refractivity contribution >= 4 is 17.7 Å². The van der Waals surface area contributed by atoms with E-state index in [1.165, 1.54) is 10.5 Å². The first-order chi connectivity index (χ1) is 14.4. The maximum Gasteiger partial charge on any atom is 0.311 e. The number of thioether (sulfide) groups is 1. The summed E-state index contributed by atoms with van der Waals surface area (Å²) in [5.74, 6) is -0.221. The van der Waals surface area contributed by atoms with Crippen molar-refractivity contribution in [1.29, 1.82) is 0 Å². The normalized spacial score (nSPS) is 42.4. The molecular weight excluding hydrogens is 400 g/mol. The molecule has 0 unspecified atom stereocenters. The Hall–Kier alpha value is -1.08. The predicted octanol–water partition coefficient (Wildman–Crippen LogP) is 5.12. The van der Waals surface area contributed by atoms with Crippen molar-refractivity contribution in [2.24, 2.45) is 23.7 Å². The van der Waals surface area contributed by atoms with Crippen LogP contribution in [-0.4, -0.2) is 29.9 Å². The highest BCUT2D eigenvalue weighted by Crippen LogP contribution is 2.60. The van der Waals surface area contributed by atoms with Gasteiger partial charge in [0.05, 0.1) is 5.92 Å². The Kier molecular flexibility index (Phi) is 5.41. The lowest BCUT2D eigenvalue weighted by atomic mass is 9.57. The highest BCUT2D eigenvalue weighted by molar-refractivity contribution is 7.98. The molecule has 4 aliphatic heterocycles. The van der Waals surface area contributed by atoms with Crippen molar-refractivity contribution in [1.82, 2.24) is 0 Å². The molecule has 0 radical (unpaired) electrons. The van der Waals surface area contributed by atoms with Gasteiger partial charge in [0.25, 0.3) is 0 Å². The summed E-state index contributed by atoms with van der Waals surface area (Å²) in [6, 6.07) is 8.71. The maximum absolute atomic E-state index is 13.0. The molecule has 1 saturated carbocycles. The van der Waals surface area contributed by atoms with E-state index in [2.05, 4.69) is 37.4 Å². The van der Waals surface area contributed by atoms with Crippen molar-refractivity contribution in [2.75, 3.05) is 6.26 Å². The molecule has 4 heterocycles. The largest absolute Gasteiger partial charge is 0.432 e. The first kappa shape index (κ1) is 20.8. The second-order valence-electron chi connectivity index (χ2n) is 9.69. The summed E-state index contributed by atoms with van der Waals surface area (Å²) in [5, 5.41) is 0. The fourth-order valence-corrected chi connectivity index (χ4v) is 6.66. The lowest BCUT2D eigenvalue weighted by Gasteiger charge is -2.58. The summed E-state index contributed by atoms with van der Waals surface area (Å²) in [6.45, 7) is 4.18. The van der Waals surface area contributed by atoms with Gasteiger partial charge in [0.2, 0.25) is 12.1 Å². The summed E-state index contributed by atoms with van der Waals surface area (Å²) in [5.41, 5.74) is 0.653. The highest BCUT2D eigenvalue weighted by atomic mass is 32.2. The Morgan fingerprint density at radius 2 is 1.90 bits per heavy atom. The number of hydrogen-bond acceptors (Lipinski definition) is 6. The molecule has 1 aromatic rings. The zero-order valence-electron chi connectivity index (χ0n) is 18.1. The number of aryl methyl sites for hydroxylation is 1. The number of hydrogen-bond donors (Lipinski definition) is 0. The number of carbonyl (C=O) groups excluding carboxylic acids is 1. The molecule has 1 aromatic carbocycles. The van der Waals surface area contributed by atoms with E-state index in [0.29, 0.717) is 11.8 Å². The number of rotatable bonds is 5. The van der Waals surface area contributed by atoms with Crippen LogP contribution in [0.5, 0.6) is 0 Å². The van der Waals surface area contributed by atoms with Crippen LogP contribution in [0.15, 0.2) is 29.2 Å². The van der Waals surface area contributed by atoms with E-state index >= 15 is 0 Å². The number of esters is 1. The summed E-state index contributed by atoms with van der Waals surface area (Å²) in [6.07, 6.45) is 7.99. The summed E-state index contributed by atoms with van der Waals surface area (Å²) in [7, 11) is 0. The average molecular weight is 433 g/mol. The van der Waals surface area contributed by atoms with Gasteiger partial charge in [0.15, 0.2) is 5.60 Å². The fourth-order valence-electron chi connectivity index (χ4n) is 6.25. The Morgan fingerprint density at radius 3 is 2.67 bits per heavy atom. The van der Waals surface area contributed by atoms with Crippen LogP contribution < -0.4 is 0 Å². The summed E-state index contributed by atoms with van der Waals surface area (Å²) < 4.78 is 12.1. The fraction of sp³-hybridized carbons (Fsp3) is 0.708. The van der Waals surface area contributed by atoms with Crippen LogP contribution in [0, 0.1) is 23.7 Å². The molecule has 4 saturated heterocycles. The van der Waals surface area contributed by atoms with Gasteiger partial charge in [-0.2, -0.15) is 0 Å². The van der Waals surface area contributed by atoms with Crippen molar-refractivity contribution in [3.05, 3.63) is 29.8 Å². The van der Waals surface area contributed by atoms with Gasteiger partial charge >= 0.3 is 5.97 Å². The number of fused-ring (bicyclic) bond motifs is 2. The minimum atomic E-state index is -0.826. The third kappa shape index (κ3) is 3.31. The molecule has 0 aromatic heterocycles. The van der Waals surface area contributed by atoms with Crippen LogP contribution in [0.1, 0.15) is 57.9 Å². The van der Waals surface area contributed by atoms with Crippen molar-refractivity contribution in [3.8, 4) is 0 Å².